The number of carbonyl (C=O) groups excluding carboxylic acids is 2. The maximum atomic E-state index is 12.1. The fourth-order valence-electron chi connectivity index (χ4n) is 2.95. The molecule has 4 atom stereocenters. The first kappa shape index (κ1) is 21.7. The summed E-state index contributed by atoms with van der Waals surface area (Å²) in [5, 5.41) is 40.0. The molecule has 0 amide bonds. The third-order valence-electron chi connectivity index (χ3n) is 4.40. The number of carbonyl (C=O) groups is 2. The average molecular weight is 396 g/mol. The van der Waals surface area contributed by atoms with Crippen LogP contribution in [0.3, 0.4) is 0 Å². The molecule has 0 spiro atoms. The SMILES string of the molecule is CCOC(=O)[C@]1(O)C[C@@H](O)[C@@H](O)[C@H](OC(=O)/C=C/c2ccc(O)c(OC)c2)C1. The van der Waals surface area contributed by atoms with Gasteiger partial charge in [0.05, 0.1) is 19.8 Å². The molecule has 0 aliphatic heterocycles. The van der Waals surface area contributed by atoms with Crippen molar-refractivity contribution in [1.29, 1.82) is 0 Å². The van der Waals surface area contributed by atoms with Crippen molar-refractivity contribution >= 4 is 18.0 Å². The van der Waals surface area contributed by atoms with E-state index in [0.29, 0.717) is 5.56 Å². The van der Waals surface area contributed by atoms with E-state index in [1.54, 1.807) is 13.0 Å². The second-order valence-electron chi connectivity index (χ2n) is 6.46. The molecule has 0 aromatic heterocycles. The van der Waals surface area contributed by atoms with Crippen LogP contribution in [0.5, 0.6) is 11.5 Å². The van der Waals surface area contributed by atoms with Gasteiger partial charge in [-0.05, 0) is 30.7 Å². The molecule has 9 nitrogen and oxygen atoms in total. The van der Waals surface area contributed by atoms with Gasteiger partial charge in [0.15, 0.2) is 17.1 Å². The number of ether oxygens (including phenoxy) is 3. The van der Waals surface area contributed by atoms with Crippen molar-refractivity contribution < 1.29 is 44.2 Å². The second-order valence-corrected chi connectivity index (χ2v) is 6.46. The van der Waals surface area contributed by atoms with Crippen LogP contribution in [0.25, 0.3) is 6.08 Å². The van der Waals surface area contributed by atoms with Crippen molar-refractivity contribution in [3.8, 4) is 11.5 Å². The molecular formula is C19H24O9. The number of aliphatic hydroxyl groups is 3. The zero-order valence-corrected chi connectivity index (χ0v) is 15.6. The van der Waals surface area contributed by atoms with E-state index in [4.69, 9.17) is 14.2 Å². The van der Waals surface area contributed by atoms with Crippen LogP contribution in [0.1, 0.15) is 25.3 Å². The van der Waals surface area contributed by atoms with Gasteiger partial charge in [-0.2, -0.15) is 0 Å². The molecule has 0 radical (unpaired) electrons. The van der Waals surface area contributed by atoms with Crippen molar-refractivity contribution in [3.63, 3.8) is 0 Å². The van der Waals surface area contributed by atoms with Crippen molar-refractivity contribution in [2.24, 2.45) is 0 Å². The fourth-order valence-corrected chi connectivity index (χ4v) is 2.95. The predicted molar refractivity (Wildman–Crippen MR) is 96.4 cm³/mol. The van der Waals surface area contributed by atoms with E-state index in [9.17, 15) is 30.0 Å². The van der Waals surface area contributed by atoms with Gasteiger partial charge in [-0.1, -0.05) is 6.07 Å². The topological polar surface area (TPSA) is 143 Å². The average Bonchev–Trinajstić information content (AvgIpc) is 2.65. The normalized spacial score (nSPS) is 27.4. The number of methoxy groups -OCH3 is 1. The van der Waals surface area contributed by atoms with E-state index in [1.165, 1.54) is 25.3 Å². The summed E-state index contributed by atoms with van der Waals surface area (Å²) < 4.78 is 14.9. The quantitative estimate of drug-likeness (QED) is 0.390. The lowest BCUT2D eigenvalue weighted by Crippen LogP contribution is -2.57. The number of phenolic OH excluding ortho intramolecular Hbond substituents is 1. The summed E-state index contributed by atoms with van der Waals surface area (Å²) in [6, 6.07) is 4.43. The molecular weight excluding hydrogens is 372 g/mol. The third kappa shape index (κ3) is 5.00. The first-order valence-corrected chi connectivity index (χ1v) is 8.71. The Morgan fingerprint density at radius 2 is 2.00 bits per heavy atom. The summed E-state index contributed by atoms with van der Waals surface area (Å²) in [5.41, 5.74) is -1.52. The third-order valence-corrected chi connectivity index (χ3v) is 4.40. The standard InChI is InChI=1S/C19H24O9/c1-3-27-18(24)19(25)9-13(21)17(23)15(10-19)28-16(22)7-5-11-4-6-12(20)14(8-11)26-2/h4-8,13,15,17,20-21,23,25H,3,9-10H2,1-2H3/b7-5+/t13-,15-,17-,19+/m1/s1. The van der Waals surface area contributed by atoms with Gasteiger partial charge >= 0.3 is 11.9 Å². The predicted octanol–water partition coefficient (Wildman–Crippen LogP) is 0.136. The molecule has 2 rings (SSSR count). The van der Waals surface area contributed by atoms with Crippen LogP contribution in [0.2, 0.25) is 0 Å². The van der Waals surface area contributed by atoms with Crippen LogP contribution >= 0.6 is 0 Å². The lowest BCUT2D eigenvalue weighted by Gasteiger charge is -2.39. The van der Waals surface area contributed by atoms with E-state index in [2.05, 4.69) is 0 Å². The Hall–Kier alpha value is -2.62. The number of hydrogen-bond acceptors (Lipinski definition) is 9. The number of benzene rings is 1. The minimum atomic E-state index is -2.06. The lowest BCUT2D eigenvalue weighted by atomic mass is 9.79. The first-order valence-electron chi connectivity index (χ1n) is 8.71. The minimum absolute atomic E-state index is 0.0308. The molecule has 0 heterocycles. The van der Waals surface area contributed by atoms with Crippen molar-refractivity contribution in [1.82, 2.24) is 0 Å². The maximum absolute atomic E-state index is 12.1. The zero-order valence-electron chi connectivity index (χ0n) is 15.6. The molecule has 0 unspecified atom stereocenters. The number of esters is 2. The molecule has 1 saturated carbocycles. The Morgan fingerprint density at radius 1 is 1.29 bits per heavy atom. The van der Waals surface area contributed by atoms with Gasteiger partial charge in [-0.15, -0.1) is 0 Å². The molecule has 1 fully saturated rings. The molecule has 9 heteroatoms. The van der Waals surface area contributed by atoms with Gasteiger partial charge in [-0.25, -0.2) is 9.59 Å². The molecule has 1 aliphatic carbocycles. The Kier molecular flexibility index (Phi) is 7.00. The molecule has 0 saturated heterocycles. The van der Waals surface area contributed by atoms with Crippen LogP contribution in [0, 0.1) is 0 Å². The summed E-state index contributed by atoms with van der Waals surface area (Å²) >= 11 is 0. The van der Waals surface area contributed by atoms with Gasteiger partial charge < -0.3 is 34.6 Å². The van der Waals surface area contributed by atoms with E-state index in [0.717, 1.165) is 6.08 Å². The number of aromatic hydroxyl groups is 1. The van der Waals surface area contributed by atoms with Gasteiger partial charge in [0.1, 0.15) is 12.2 Å². The molecule has 1 aliphatic rings. The van der Waals surface area contributed by atoms with E-state index >= 15 is 0 Å². The molecule has 1 aromatic rings. The van der Waals surface area contributed by atoms with E-state index < -0.39 is 48.7 Å². The highest BCUT2D eigenvalue weighted by Crippen LogP contribution is 2.32. The smallest absolute Gasteiger partial charge is 0.338 e. The molecule has 154 valence electrons. The Balaban J connectivity index is 2.07. The highest BCUT2D eigenvalue weighted by molar-refractivity contribution is 5.87. The molecule has 28 heavy (non-hydrogen) atoms. The summed E-state index contributed by atoms with van der Waals surface area (Å²) in [4.78, 5) is 24.0. The summed E-state index contributed by atoms with van der Waals surface area (Å²) in [6.07, 6.45) is -2.59. The first-order chi connectivity index (χ1) is 13.2. The summed E-state index contributed by atoms with van der Waals surface area (Å²) in [7, 11) is 1.39. The molecule has 4 N–H and O–H groups in total. The molecule has 1 aromatic carbocycles. The van der Waals surface area contributed by atoms with E-state index in [1.807, 2.05) is 0 Å². The number of phenols is 1. The van der Waals surface area contributed by atoms with Gasteiger partial charge in [-0.3, -0.25) is 0 Å². The van der Waals surface area contributed by atoms with Crippen molar-refractivity contribution in [3.05, 3.63) is 29.8 Å². The number of aliphatic hydroxyl groups excluding tert-OH is 2. The highest BCUT2D eigenvalue weighted by atomic mass is 16.6. The van der Waals surface area contributed by atoms with Gasteiger partial charge in [0.25, 0.3) is 0 Å². The van der Waals surface area contributed by atoms with Crippen molar-refractivity contribution in [2.75, 3.05) is 13.7 Å². The largest absolute Gasteiger partial charge is 0.504 e. The van der Waals surface area contributed by atoms with Crippen molar-refractivity contribution in [2.45, 2.75) is 43.7 Å². The Labute approximate surface area is 161 Å². The van der Waals surface area contributed by atoms with Gasteiger partial charge in [0, 0.05) is 18.9 Å². The Morgan fingerprint density at radius 3 is 2.64 bits per heavy atom. The monoisotopic (exact) mass is 396 g/mol. The van der Waals surface area contributed by atoms with Crippen LogP contribution in [0.4, 0.5) is 0 Å². The summed E-state index contributed by atoms with van der Waals surface area (Å²) in [6.45, 7) is 1.60. The van der Waals surface area contributed by atoms with Crippen LogP contribution in [0.15, 0.2) is 24.3 Å². The number of rotatable bonds is 6. The second kappa shape index (κ2) is 9.05. The minimum Gasteiger partial charge on any atom is -0.504 e. The van der Waals surface area contributed by atoms with E-state index in [-0.39, 0.29) is 18.1 Å². The van der Waals surface area contributed by atoms with Crippen LogP contribution in [-0.4, -0.2) is 70.0 Å². The lowest BCUT2D eigenvalue weighted by molar-refractivity contribution is -0.199. The van der Waals surface area contributed by atoms with Crippen LogP contribution in [-0.2, 0) is 19.1 Å². The Bertz CT molecular complexity index is 745. The number of hydrogen-bond donors (Lipinski definition) is 4. The zero-order chi connectivity index (χ0) is 20.9. The fraction of sp³-hybridized carbons (Fsp3) is 0.474. The molecule has 0 bridgehead atoms. The summed E-state index contributed by atoms with van der Waals surface area (Å²) in [5.74, 6) is -1.63. The van der Waals surface area contributed by atoms with Gasteiger partial charge in [0.2, 0.25) is 0 Å². The van der Waals surface area contributed by atoms with Crippen LogP contribution < -0.4 is 4.74 Å². The highest BCUT2D eigenvalue weighted by Gasteiger charge is 2.51. The maximum Gasteiger partial charge on any atom is 0.338 e.